The molecule has 0 saturated heterocycles. The largest absolute Gasteiger partial charge is 0.306 e. The van der Waals surface area contributed by atoms with E-state index in [1.54, 1.807) is 11.3 Å². The lowest BCUT2D eigenvalue weighted by molar-refractivity contribution is 0.315. The number of hydrogen-bond donors (Lipinski definition) is 1. The summed E-state index contributed by atoms with van der Waals surface area (Å²) in [5.74, 6) is 0. The Labute approximate surface area is 132 Å². The summed E-state index contributed by atoms with van der Waals surface area (Å²) in [4.78, 5) is 7.01. The van der Waals surface area contributed by atoms with E-state index in [4.69, 9.17) is 4.98 Å². The smallest absolute Gasteiger partial charge is 0.107 e. The van der Waals surface area contributed by atoms with E-state index in [0.717, 1.165) is 30.3 Å². The molecule has 1 N–H and O–H groups in total. The Morgan fingerprint density at radius 1 is 1.14 bits per heavy atom. The Morgan fingerprint density at radius 2 is 1.86 bits per heavy atom. The summed E-state index contributed by atoms with van der Waals surface area (Å²) in [5, 5.41) is 6.81. The first-order valence-electron chi connectivity index (χ1n) is 7.33. The van der Waals surface area contributed by atoms with Crippen molar-refractivity contribution in [3.05, 3.63) is 52.0 Å². The van der Waals surface area contributed by atoms with Crippen molar-refractivity contribution in [2.75, 3.05) is 7.05 Å². The predicted molar refractivity (Wildman–Crippen MR) is 90.3 cm³/mol. The van der Waals surface area contributed by atoms with Gasteiger partial charge in [0.25, 0.3) is 0 Å². The number of thiazole rings is 1. The van der Waals surface area contributed by atoms with Crippen molar-refractivity contribution < 1.29 is 0 Å². The van der Waals surface area contributed by atoms with Crippen molar-refractivity contribution in [3.63, 3.8) is 0 Å². The molecule has 114 valence electrons. The first-order chi connectivity index (χ1) is 9.92. The molecule has 0 atom stereocenters. The third-order valence-corrected chi connectivity index (χ3v) is 3.99. The van der Waals surface area contributed by atoms with E-state index in [2.05, 4.69) is 73.7 Å². The van der Waals surface area contributed by atoms with Crippen molar-refractivity contribution in [2.45, 2.75) is 45.9 Å². The molecule has 0 amide bonds. The van der Waals surface area contributed by atoms with Crippen LogP contribution < -0.4 is 5.32 Å². The average molecular weight is 303 g/mol. The maximum Gasteiger partial charge on any atom is 0.107 e. The quantitative estimate of drug-likeness (QED) is 0.882. The van der Waals surface area contributed by atoms with Gasteiger partial charge in [0.05, 0.1) is 5.69 Å². The normalized spacial score (nSPS) is 12.0. The number of nitrogens with zero attached hydrogens (tertiary/aromatic N) is 2. The van der Waals surface area contributed by atoms with Gasteiger partial charge in [-0.3, -0.25) is 4.90 Å². The fourth-order valence-electron chi connectivity index (χ4n) is 2.07. The lowest BCUT2D eigenvalue weighted by Gasteiger charge is -2.19. The summed E-state index contributed by atoms with van der Waals surface area (Å²) in [6.45, 7) is 9.21. The van der Waals surface area contributed by atoms with Crippen molar-refractivity contribution in [1.82, 2.24) is 15.2 Å². The van der Waals surface area contributed by atoms with Crippen LogP contribution in [-0.4, -0.2) is 22.5 Å². The Morgan fingerprint density at radius 3 is 2.52 bits per heavy atom. The molecule has 0 bridgehead atoms. The highest BCUT2D eigenvalue weighted by Crippen LogP contribution is 2.14. The minimum Gasteiger partial charge on any atom is -0.306 e. The summed E-state index contributed by atoms with van der Waals surface area (Å²) < 4.78 is 0. The molecule has 0 radical (unpaired) electrons. The van der Waals surface area contributed by atoms with Gasteiger partial charge < -0.3 is 5.32 Å². The van der Waals surface area contributed by atoms with Crippen LogP contribution in [0.2, 0.25) is 0 Å². The second kappa shape index (κ2) is 7.16. The first kappa shape index (κ1) is 16.1. The molecule has 0 saturated carbocycles. The molecule has 3 nitrogen and oxygen atoms in total. The molecule has 0 aliphatic heterocycles. The second-order valence-corrected chi connectivity index (χ2v) is 7.44. The maximum absolute atomic E-state index is 4.71. The molecule has 1 heterocycles. The molecule has 0 spiro atoms. The SMILES string of the molecule is CN(Cc1ccccc1)Cc1csc(CNC(C)(C)C)n1. The fraction of sp³-hybridized carbons (Fsp3) is 0.471. The van der Waals surface area contributed by atoms with Crippen molar-refractivity contribution >= 4 is 11.3 Å². The Hall–Kier alpha value is -1.23. The highest BCUT2D eigenvalue weighted by atomic mass is 32.1. The van der Waals surface area contributed by atoms with Gasteiger partial charge in [-0.15, -0.1) is 11.3 Å². The van der Waals surface area contributed by atoms with Crippen LogP contribution in [0.5, 0.6) is 0 Å². The Kier molecular flexibility index (Phi) is 5.51. The molecule has 4 heteroatoms. The van der Waals surface area contributed by atoms with E-state index in [-0.39, 0.29) is 5.54 Å². The summed E-state index contributed by atoms with van der Waals surface area (Å²) in [6, 6.07) is 10.6. The molecule has 0 unspecified atom stereocenters. The van der Waals surface area contributed by atoms with E-state index in [0.29, 0.717) is 0 Å². The van der Waals surface area contributed by atoms with Crippen molar-refractivity contribution in [1.29, 1.82) is 0 Å². The molecule has 1 aromatic heterocycles. The Bertz CT molecular complexity index is 543. The van der Waals surface area contributed by atoms with Crippen LogP contribution >= 0.6 is 11.3 Å². The van der Waals surface area contributed by atoms with Gasteiger partial charge in [-0.1, -0.05) is 30.3 Å². The van der Waals surface area contributed by atoms with Crippen molar-refractivity contribution in [2.24, 2.45) is 0 Å². The lowest BCUT2D eigenvalue weighted by atomic mass is 10.1. The van der Waals surface area contributed by atoms with E-state index >= 15 is 0 Å². The fourth-order valence-corrected chi connectivity index (χ4v) is 2.80. The minimum atomic E-state index is 0.135. The van der Waals surface area contributed by atoms with Crippen LogP contribution in [0.25, 0.3) is 0 Å². The third kappa shape index (κ3) is 5.96. The molecule has 0 aliphatic carbocycles. The minimum absolute atomic E-state index is 0.135. The van der Waals surface area contributed by atoms with Gasteiger partial charge in [-0.05, 0) is 33.4 Å². The van der Waals surface area contributed by atoms with E-state index in [9.17, 15) is 0 Å². The van der Waals surface area contributed by atoms with E-state index < -0.39 is 0 Å². The van der Waals surface area contributed by atoms with Gasteiger partial charge in [0.1, 0.15) is 5.01 Å². The molecule has 21 heavy (non-hydrogen) atoms. The maximum atomic E-state index is 4.71. The van der Waals surface area contributed by atoms with Crippen LogP contribution in [0.15, 0.2) is 35.7 Å². The molecule has 2 rings (SSSR count). The molecule has 2 aromatic rings. The number of hydrogen-bond acceptors (Lipinski definition) is 4. The molecular formula is C17H25N3S. The van der Waals surface area contributed by atoms with Gasteiger partial charge in [-0.2, -0.15) is 0 Å². The highest BCUT2D eigenvalue weighted by molar-refractivity contribution is 7.09. The van der Waals surface area contributed by atoms with Crippen LogP contribution in [0.1, 0.15) is 37.0 Å². The summed E-state index contributed by atoms with van der Waals surface area (Å²) in [5.41, 5.74) is 2.63. The van der Waals surface area contributed by atoms with Gasteiger partial charge in [0.2, 0.25) is 0 Å². The van der Waals surface area contributed by atoms with Gasteiger partial charge in [0, 0.05) is 30.6 Å². The predicted octanol–water partition coefficient (Wildman–Crippen LogP) is 3.66. The summed E-state index contributed by atoms with van der Waals surface area (Å²) in [7, 11) is 2.14. The zero-order chi connectivity index (χ0) is 15.3. The average Bonchev–Trinajstić information content (AvgIpc) is 2.84. The van der Waals surface area contributed by atoms with E-state index in [1.807, 2.05) is 0 Å². The number of aromatic nitrogens is 1. The Balaban J connectivity index is 1.84. The monoisotopic (exact) mass is 303 g/mol. The first-order valence-corrected chi connectivity index (χ1v) is 8.21. The van der Waals surface area contributed by atoms with Crippen LogP contribution in [0.4, 0.5) is 0 Å². The van der Waals surface area contributed by atoms with Crippen molar-refractivity contribution in [3.8, 4) is 0 Å². The van der Waals surface area contributed by atoms with Crippen LogP contribution in [0, 0.1) is 0 Å². The van der Waals surface area contributed by atoms with Crippen LogP contribution in [0.3, 0.4) is 0 Å². The van der Waals surface area contributed by atoms with Gasteiger partial charge >= 0.3 is 0 Å². The standard InChI is InChI=1S/C17H25N3S/c1-17(2,3)18-10-16-19-15(13-21-16)12-20(4)11-14-8-6-5-7-9-14/h5-9,13,18H,10-12H2,1-4H3. The van der Waals surface area contributed by atoms with Crippen LogP contribution in [-0.2, 0) is 19.6 Å². The lowest BCUT2D eigenvalue weighted by Crippen LogP contribution is -2.35. The zero-order valence-corrected chi connectivity index (χ0v) is 14.2. The van der Waals surface area contributed by atoms with Gasteiger partial charge in [0.15, 0.2) is 0 Å². The zero-order valence-electron chi connectivity index (χ0n) is 13.4. The third-order valence-electron chi connectivity index (χ3n) is 3.10. The second-order valence-electron chi connectivity index (χ2n) is 6.49. The summed E-state index contributed by atoms with van der Waals surface area (Å²) >= 11 is 1.74. The number of rotatable bonds is 6. The number of benzene rings is 1. The van der Waals surface area contributed by atoms with Gasteiger partial charge in [-0.25, -0.2) is 4.98 Å². The van der Waals surface area contributed by atoms with E-state index in [1.165, 1.54) is 5.56 Å². The summed E-state index contributed by atoms with van der Waals surface area (Å²) in [6.07, 6.45) is 0. The molecule has 1 aromatic carbocycles. The highest BCUT2D eigenvalue weighted by Gasteiger charge is 2.11. The topological polar surface area (TPSA) is 28.2 Å². The molecule has 0 aliphatic rings. The number of nitrogens with one attached hydrogen (secondary N) is 1. The molecular weight excluding hydrogens is 278 g/mol. The molecule has 0 fully saturated rings.